The fourth-order valence-electron chi connectivity index (χ4n) is 2.68. The van der Waals surface area contributed by atoms with Crippen LogP contribution in [0, 0.1) is 0 Å². The number of halogens is 3. The van der Waals surface area contributed by atoms with Crippen LogP contribution in [-0.2, 0) is 0 Å². The number of amides is 1. The number of hydrogen-bond donors (Lipinski definition) is 2. The number of benzene rings is 1. The van der Waals surface area contributed by atoms with Crippen LogP contribution in [0.4, 0.5) is 11.5 Å². The Morgan fingerprint density at radius 3 is 2.46 bits per heavy atom. The molecule has 0 radical (unpaired) electrons. The van der Waals surface area contributed by atoms with Crippen molar-refractivity contribution in [2.24, 2.45) is 0 Å². The highest BCUT2D eigenvalue weighted by Crippen LogP contribution is 2.38. The van der Waals surface area contributed by atoms with Crippen LogP contribution in [0.1, 0.15) is 10.4 Å². The van der Waals surface area contributed by atoms with Gasteiger partial charge in [0, 0.05) is 26.2 Å². The van der Waals surface area contributed by atoms with Crippen molar-refractivity contribution in [3.05, 3.63) is 45.0 Å². The van der Waals surface area contributed by atoms with Crippen molar-refractivity contribution >= 4 is 52.2 Å². The number of nitrogens with zero attached hydrogens (tertiary/aromatic N) is 3. The summed E-state index contributed by atoms with van der Waals surface area (Å²) >= 11 is 17.8. The van der Waals surface area contributed by atoms with Gasteiger partial charge < -0.3 is 20.2 Å². The molecule has 1 aromatic heterocycles. The molecule has 0 unspecified atom stereocenters. The highest BCUT2D eigenvalue weighted by atomic mass is 35.5. The Morgan fingerprint density at radius 1 is 1.15 bits per heavy atom. The molecule has 2 aromatic rings. The molecule has 0 aliphatic carbocycles. The molecular formula is C17H17Cl3N4O2. The predicted molar refractivity (Wildman–Crippen MR) is 105 cm³/mol. The first-order valence-electron chi connectivity index (χ1n) is 7.94. The standard InChI is InChI=1S/C17H17Cl3N4O2/c1-23-4-6-24(7-5-23)10-2-3-13(21-9-10)22-17(26)14-15(20)11(18)8-12(19)16(14)25/h2-3,8-9,25H,4-7H2,1H3,(H,21,22,26). The summed E-state index contributed by atoms with van der Waals surface area (Å²) in [7, 11) is 2.09. The Labute approximate surface area is 166 Å². The number of hydrogen-bond acceptors (Lipinski definition) is 5. The predicted octanol–water partition coefficient (Wildman–Crippen LogP) is 3.75. The molecule has 1 aromatic carbocycles. The molecule has 1 aliphatic rings. The maximum Gasteiger partial charge on any atom is 0.262 e. The number of phenols is 1. The second kappa shape index (κ2) is 7.88. The van der Waals surface area contributed by atoms with Crippen molar-refractivity contribution in [3.8, 4) is 5.75 Å². The molecule has 3 rings (SSSR count). The van der Waals surface area contributed by atoms with Gasteiger partial charge in [-0.05, 0) is 25.2 Å². The third-order valence-corrected chi connectivity index (χ3v) is 5.31. The van der Waals surface area contributed by atoms with E-state index in [-0.39, 0.29) is 20.6 Å². The fourth-order valence-corrected chi connectivity index (χ4v) is 3.38. The zero-order valence-corrected chi connectivity index (χ0v) is 16.2. The van der Waals surface area contributed by atoms with Gasteiger partial charge >= 0.3 is 0 Å². The van der Waals surface area contributed by atoms with Crippen molar-refractivity contribution < 1.29 is 9.90 Å². The summed E-state index contributed by atoms with van der Waals surface area (Å²) in [6.07, 6.45) is 1.70. The van der Waals surface area contributed by atoms with E-state index >= 15 is 0 Å². The summed E-state index contributed by atoms with van der Waals surface area (Å²) < 4.78 is 0. The zero-order valence-electron chi connectivity index (χ0n) is 14.0. The lowest BCUT2D eigenvalue weighted by Crippen LogP contribution is -2.44. The Balaban J connectivity index is 1.75. The molecule has 0 bridgehead atoms. The van der Waals surface area contributed by atoms with Crippen molar-refractivity contribution in [1.82, 2.24) is 9.88 Å². The third kappa shape index (κ3) is 3.99. The molecule has 2 heterocycles. The summed E-state index contributed by atoms with van der Waals surface area (Å²) in [5.74, 6) is -0.733. The summed E-state index contributed by atoms with van der Waals surface area (Å²) in [5.41, 5.74) is 0.803. The number of carbonyl (C=O) groups is 1. The molecule has 1 amide bonds. The van der Waals surface area contributed by atoms with Crippen LogP contribution < -0.4 is 10.2 Å². The van der Waals surface area contributed by atoms with E-state index in [0.717, 1.165) is 31.9 Å². The van der Waals surface area contributed by atoms with E-state index in [9.17, 15) is 9.90 Å². The monoisotopic (exact) mass is 414 g/mol. The quantitative estimate of drug-likeness (QED) is 0.747. The van der Waals surface area contributed by atoms with Gasteiger partial charge in [-0.2, -0.15) is 0 Å². The lowest BCUT2D eigenvalue weighted by atomic mass is 10.2. The number of aromatic nitrogens is 1. The normalized spacial score (nSPS) is 15.2. The van der Waals surface area contributed by atoms with E-state index in [1.807, 2.05) is 6.07 Å². The van der Waals surface area contributed by atoms with Crippen LogP contribution in [0.3, 0.4) is 0 Å². The van der Waals surface area contributed by atoms with Gasteiger partial charge in [-0.25, -0.2) is 4.98 Å². The lowest BCUT2D eigenvalue weighted by molar-refractivity contribution is 0.102. The van der Waals surface area contributed by atoms with Gasteiger partial charge in [0.05, 0.1) is 27.0 Å². The van der Waals surface area contributed by atoms with Crippen LogP contribution in [0.25, 0.3) is 0 Å². The highest BCUT2D eigenvalue weighted by molar-refractivity contribution is 6.46. The van der Waals surface area contributed by atoms with Gasteiger partial charge in [-0.3, -0.25) is 4.79 Å². The Hall–Kier alpha value is -1.73. The van der Waals surface area contributed by atoms with Crippen molar-refractivity contribution in [1.29, 1.82) is 0 Å². The summed E-state index contributed by atoms with van der Waals surface area (Å²) in [6.45, 7) is 3.83. The van der Waals surface area contributed by atoms with Crippen LogP contribution in [-0.4, -0.2) is 54.1 Å². The first-order chi connectivity index (χ1) is 12.4. The van der Waals surface area contributed by atoms with Gasteiger partial charge in [0.15, 0.2) is 0 Å². The average Bonchev–Trinajstić information content (AvgIpc) is 2.62. The molecule has 1 aliphatic heterocycles. The van der Waals surface area contributed by atoms with Crippen LogP contribution in [0.5, 0.6) is 5.75 Å². The van der Waals surface area contributed by atoms with Crippen molar-refractivity contribution in [2.75, 3.05) is 43.4 Å². The van der Waals surface area contributed by atoms with Gasteiger partial charge in [-0.15, -0.1) is 0 Å². The molecule has 6 nitrogen and oxygen atoms in total. The van der Waals surface area contributed by atoms with Crippen LogP contribution in [0.2, 0.25) is 15.1 Å². The SMILES string of the molecule is CN1CCN(c2ccc(NC(=O)c3c(O)c(Cl)cc(Cl)c3Cl)nc2)CC1. The largest absolute Gasteiger partial charge is 0.505 e. The number of carbonyl (C=O) groups excluding carboxylic acids is 1. The fraction of sp³-hybridized carbons (Fsp3) is 0.294. The average molecular weight is 416 g/mol. The number of anilines is 2. The highest BCUT2D eigenvalue weighted by Gasteiger charge is 2.22. The van der Waals surface area contributed by atoms with Crippen molar-refractivity contribution in [2.45, 2.75) is 0 Å². The molecule has 0 saturated carbocycles. The minimum absolute atomic E-state index is 0.0528. The maximum absolute atomic E-state index is 12.5. The van der Waals surface area contributed by atoms with E-state index < -0.39 is 11.7 Å². The van der Waals surface area contributed by atoms with E-state index in [2.05, 4.69) is 27.1 Å². The maximum atomic E-state index is 12.5. The first-order valence-corrected chi connectivity index (χ1v) is 9.07. The Bertz CT molecular complexity index is 795. The molecule has 138 valence electrons. The number of phenolic OH excluding ortho intramolecular Hbond substituents is 1. The van der Waals surface area contributed by atoms with E-state index in [4.69, 9.17) is 34.8 Å². The van der Waals surface area contributed by atoms with Gasteiger partial charge in [0.25, 0.3) is 5.91 Å². The third-order valence-electron chi connectivity index (χ3n) is 4.23. The summed E-state index contributed by atoms with van der Waals surface area (Å²) in [6, 6.07) is 4.86. The van der Waals surface area contributed by atoms with Crippen LogP contribution in [0.15, 0.2) is 24.4 Å². The topological polar surface area (TPSA) is 68.7 Å². The molecule has 2 N–H and O–H groups in total. The number of nitrogens with one attached hydrogen (secondary N) is 1. The molecular weight excluding hydrogens is 399 g/mol. The molecule has 9 heteroatoms. The Kier molecular flexibility index (Phi) is 5.77. The number of likely N-dealkylation sites (N-methyl/N-ethyl adjacent to an activating group) is 1. The van der Waals surface area contributed by atoms with Gasteiger partial charge in [0.2, 0.25) is 0 Å². The van der Waals surface area contributed by atoms with Crippen molar-refractivity contribution in [3.63, 3.8) is 0 Å². The minimum Gasteiger partial charge on any atom is -0.505 e. The van der Waals surface area contributed by atoms with E-state index in [1.165, 1.54) is 6.07 Å². The number of pyridine rings is 1. The van der Waals surface area contributed by atoms with E-state index in [0.29, 0.717) is 5.82 Å². The molecule has 1 fully saturated rings. The zero-order chi connectivity index (χ0) is 18.8. The second-order valence-corrected chi connectivity index (χ2v) is 7.22. The number of aromatic hydroxyl groups is 1. The second-order valence-electron chi connectivity index (χ2n) is 6.02. The minimum atomic E-state index is -0.642. The van der Waals surface area contributed by atoms with Crippen LogP contribution >= 0.6 is 34.8 Å². The molecule has 26 heavy (non-hydrogen) atoms. The molecule has 0 spiro atoms. The Morgan fingerprint density at radius 2 is 1.85 bits per heavy atom. The van der Waals surface area contributed by atoms with Gasteiger partial charge in [0.1, 0.15) is 17.1 Å². The number of rotatable bonds is 3. The lowest BCUT2D eigenvalue weighted by Gasteiger charge is -2.33. The number of piperazine rings is 1. The summed E-state index contributed by atoms with van der Waals surface area (Å²) in [4.78, 5) is 21.2. The first kappa shape index (κ1) is 19.0. The molecule has 1 saturated heterocycles. The smallest absolute Gasteiger partial charge is 0.262 e. The molecule has 0 atom stereocenters. The van der Waals surface area contributed by atoms with E-state index in [1.54, 1.807) is 12.3 Å². The summed E-state index contributed by atoms with van der Waals surface area (Å²) in [5, 5.41) is 12.6. The van der Waals surface area contributed by atoms with Gasteiger partial charge in [-0.1, -0.05) is 34.8 Å².